The van der Waals surface area contributed by atoms with Crippen LogP contribution in [0.3, 0.4) is 0 Å². The van der Waals surface area contributed by atoms with Crippen LogP contribution in [0.15, 0.2) is 72.8 Å². The Morgan fingerprint density at radius 1 is 0.606 bits per heavy atom. The Kier molecular flexibility index (Phi) is 20.5. The van der Waals surface area contributed by atoms with Gasteiger partial charge in [0.25, 0.3) is 0 Å². The predicted molar refractivity (Wildman–Crippen MR) is 127 cm³/mol. The van der Waals surface area contributed by atoms with E-state index in [0.717, 1.165) is 11.1 Å². The third kappa shape index (κ3) is 13.6. The topological polar surface area (TPSA) is 92.5 Å². The molecule has 2 atom stereocenters. The van der Waals surface area contributed by atoms with Gasteiger partial charge in [-0.15, -0.1) is 0 Å². The number of benzene rings is 3. The zero-order valence-corrected chi connectivity index (χ0v) is 23.1. The smallest absolute Gasteiger partial charge is 1.00 e. The molecular formula is C26H36Cl2N2O2Ru. The zero-order chi connectivity index (χ0) is 22.7. The van der Waals surface area contributed by atoms with Gasteiger partial charge in [0.15, 0.2) is 0 Å². The summed E-state index contributed by atoms with van der Waals surface area (Å²) in [7, 11) is 0. The van der Waals surface area contributed by atoms with Crippen molar-refractivity contribution in [1.29, 1.82) is 0 Å². The second-order valence-corrected chi connectivity index (χ2v) is 7.76. The number of hydrogen-bond donors (Lipinski definition) is 4. The average Bonchev–Trinajstić information content (AvgIpc) is 2.69. The third-order valence-electron chi connectivity index (χ3n) is 4.60. The maximum atomic E-state index is 9.20. The van der Waals surface area contributed by atoms with Crippen LogP contribution < -0.4 is 36.3 Å². The molecule has 0 saturated heterocycles. The first-order valence-electron chi connectivity index (χ1n) is 10.3. The van der Waals surface area contributed by atoms with Crippen molar-refractivity contribution in [3.8, 4) is 11.5 Å². The zero-order valence-electron chi connectivity index (χ0n) is 19.8. The fourth-order valence-corrected chi connectivity index (χ4v) is 2.70. The van der Waals surface area contributed by atoms with E-state index in [4.69, 9.17) is 11.5 Å². The predicted octanol–water partition coefficient (Wildman–Crippen LogP) is -0.0523. The van der Waals surface area contributed by atoms with Crippen LogP contribution >= 0.6 is 0 Å². The summed E-state index contributed by atoms with van der Waals surface area (Å²) in [6.45, 7) is 10.2. The van der Waals surface area contributed by atoms with Gasteiger partial charge in [-0.05, 0) is 44.4 Å². The van der Waals surface area contributed by atoms with Gasteiger partial charge in [-0.2, -0.15) is 0 Å². The molecule has 0 radical (unpaired) electrons. The van der Waals surface area contributed by atoms with Crippen LogP contribution in [0, 0.1) is 6.92 Å². The van der Waals surface area contributed by atoms with Crippen molar-refractivity contribution in [2.75, 3.05) is 0 Å². The van der Waals surface area contributed by atoms with E-state index in [0.29, 0.717) is 5.92 Å². The number of phenols is 2. The average molecular weight is 581 g/mol. The van der Waals surface area contributed by atoms with Crippen LogP contribution in [0.5, 0.6) is 11.5 Å². The fraction of sp³-hybridized carbons (Fsp3) is 0.308. The molecule has 3 rings (SSSR count). The summed E-state index contributed by atoms with van der Waals surface area (Å²) in [6.07, 6.45) is 0. The van der Waals surface area contributed by atoms with Crippen LogP contribution in [-0.2, 0) is 19.5 Å². The Morgan fingerprint density at radius 3 is 1.18 bits per heavy atom. The molecule has 3 aromatic carbocycles. The molecule has 6 N–H and O–H groups in total. The van der Waals surface area contributed by atoms with E-state index in [1.165, 1.54) is 11.1 Å². The van der Waals surface area contributed by atoms with Crippen molar-refractivity contribution in [3.05, 3.63) is 95.1 Å². The Labute approximate surface area is 224 Å². The van der Waals surface area contributed by atoms with E-state index in [-0.39, 0.29) is 67.9 Å². The number of nitrogens with two attached hydrogens (primary N) is 2. The third-order valence-corrected chi connectivity index (χ3v) is 4.60. The molecule has 0 spiro atoms. The first kappa shape index (κ1) is 36.0. The van der Waals surface area contributed by atoms with Crippen molar-refractivity contribution >= 4 is 0 Å². The van der Waals surface area contributed by atoms with Gasteiger partial charge in [0.1, 0.15) is 11.5 Å². The molecule has 0 heterocycles. The Hall–Kier alpha value is -1.62. The molecule has 0 fully saturated rings. The fourth-order valence-electron chi connectivity index (χ4n) is 2.70. The summed E-state index contributed by atoms with van der Waals surface area (Å²) >= 11 is 0. The summed E-state index contributed by atoms with van der Waals surface area (Å²) in [5.41, 5.74) is 15.5. The van der Waals surface area contributed by atoms with Gasteiger partial charge in [0, 0.05) is 23.2 Å². The molecule has 0 aromatic heterocycles. The van der Waals surface area contributed by atoms with Crippen molar-refractivity contribution < 1.29 is 54.5 Å². The van der Waals surface area contributed by atoms with E-state index in [1.807, 2.05) is 38.1 Å². The SMILES string of the molecule is CC(N)c1ccccc1O.CC(N)c1ccccc1O.Cc1ccc(C(C)C)cc1.[Cl-].[Cl-].[Ru+2]. The van der Waals surface area contributed by atoms with Crippen molar-refractivity contribution in [2.45, 2.75) is 52.6 Å². The standard InChI is InChI=1S/C10H14.2C8H11NO.2ClH.Ru/c1-8(2)10-6-4-9(3)5-7-10;2*1-6(9)7-4-2-3-5-8(7)10;;;/h4-8H,1-3H3;2*2-6,10H,9H2,1H3;2*1H;/q;;;;;+2/p-2. The normalized spacial score (nSPS) is 11.0. The quantitative estimate of drug-likeness (QED) is 0.327. The monoisotopic (exact) mass is 580 g/mol. The Morgan fingerprint density at radius 2 is 0.939 bits per heavy atom. The molecule has 0 aliphatic rings. The van der Waals surface area contributed by atoms with Gasteiger partial charge in [-0.1, -0.05) is 80.1 Å². The Balaban J connectivity index is -0.000000391. The van der Waals surface area contributed by atoms with Gasteiger partial charge in [-0.3, -0.25) is 0 Å². The second-order valence-electron chi connectivity index (χ2n) is 7.76. The van der Waals surface area contributed by atoms with E-state index in [1.54, 1.807) is 24.3 Å². The number of aromatic hydroxyl groups is 2. The molecule has 184 valence electrons. The number of phenolic OH excluding ortho intramolecular Hbond substituents is 2. The molecule has 33 heavy (non-hydrogen) atoms. The summed E-state index contributed by atoms with van der Waals surface area (Å²) in [5, 5.41) is 18.4. The van der Waals surface area contributed by atoms with Gasteiger partial charge in [-0.25, -0.2) is 0 Å². The van der Waals surface area contributed by atoms with Crippen LogP contribution in [0.4, 0.5) is 0 Å². The molecular weight excluding hydrogens is 544 g/mol. The number of para-hydroxylation sites is 2. The van der Waals surface area contributed by atoms with Crippen molar-refractivity contribution in [1.82, 2.24) is 0 Å². The molecule has 2 unspecified atom stereocenters. The minimum absolute atomic E-state index is 0. The van der Waals surface area contributed by atoms with Gasteiger partial charge >= 0.3 is 19.5 Å². The van der Waals surface area contributed by atoms with Crippen LogP contribution in [0.2, 0.25) is 0 Å². The minimum atomic E-state index is -0.0961. The van der Waals surface area contributed by atoms with Crippen LogP contribution in [0.1, 0.15) is 68.0 Å². The van der Waals surface area contributed by atoms with Crippen LogP contribution in [0.25, 0.3) is 0 Å². The molecule has 0 saturated carbocycles. The maximum absolute atomic E-state index is 9.20. The number of aryl methyl sites for hydroxylation is 1. The van der Waals surface area contributed by atoms with E-state index >= 15 is 0 Å². The summed E-state index contributed by atoms with van der Waals surface area (Å²) < 4.78 is 0. The number of halogens is 2. The molecule has 0 aliphatic heterocycles. The van der Waals surface area contributed by atoms with Gasteiger partial charge in [0.05, 0.1) is 0 Å². The van der Waals surface area contributed by atoms with E-state index in [9.17, 15) is 10.2 Å². The van der Waals surface area contributed by atoms with Crippen LogP contribution in [-0.4, -0.2) is 10.2 Å². The molecule has 0 amide bonds. The molecule has 3 aromatic rings. The molecule has 0 aliphatic carbocycles. The van der Waals surface area contributed by atoms with Crippen molar-refractivity contribution in [2.24, 2.45) is 11.5 Å². The summed E-state index contributed by atoms with van der Waals surface area (Å²) in [6, 6.07) is 22.7. The van der Waals surface area contributed by atoms with Gasteiger partial charge < -0.3 is 46.5 Å². The maximum Gasteiger partial charge on any atom is 2.00 e. The molecule has 0 bridgehead atoms. The Bertz CT molecular complexity index is 840. The largest absolute Gasteiger partial charge is 2.00 e. The summed E-state index contributed by atoms with van der Waals surface area (Å²) in [4.78, 5) is 0. The minimum Gasteiger partial charge on any atom is -1.00 e. The second kappa shape index (κ2) is 18.8. The van der Waals surface area contributed by atoms with Gasteiger partial charge in [0.2, 0.25) is 0 Å². The molecule has 7 heteroatoms. The van der Waals surface area contributed by atoms with E-state index in [2.05, 4.69) is 45.0 Å². The number of rotatable bonds is 3. The molecule has 4 nitrogen and oxygen atoms in total. The first-order valence-corrected chi connectivity index (χ1v) is 10.3. The number of hydrogen-bond acceptors (Lipinski definition) is 4. The first-order chi connectivity index (χ1) is 14.1. The van der Waals surface area contributed by atoms with E-state index < -0.39 is 0 Å². The van der Waals surface area contributed by atoms with Crippen molar-refractivity contribution in [3.63, 3.8) is 0 Å². The summed E-state index contributed by atoms with van der Waals surface area (Å²) in [5.74, 6) is 1.20.